The van der Waals surface area contributed by atoms with E-state index >= 15 is 0 Å². The third-order valence-electron chi connectivity index (χ3n) is 2.62. The fourth-order valence-electron chi connectivity index (χ4n) is 1.82. The van der Waals surface area contributed by atoms with Crippen molar-refractivity contribution in [3.63, 3.8) is 0 Å². The summed E-state index contributed by atoms with van der Waals surface area (Å²) in [5.41, 5.74) is 8.74. The van der Waals surface area contributed by atoms with Gasteiger partial charge in [0.25, 0.3) is 0 Å². The van der Waals surface area contributed by atoms with Gasteiger partial charge in [-0.3, -0.25) is 4.79 Å². The lowest BCUT2D eigenvalue weighted by molar-refractivity contribution is -0.116. The lowest BCUT2D eigenvalue weighted by Gasteiger charge is -2.10. The average Bonchev–Trinajstić information content (AvgIpc) is 2.43. The molecule has 2 rings (SSSR count). The molecule has 0 spiro atoms. The number of fused-ring (bicyclic) bond motifs is 1. The zero-order valence-electron chi connectivity index (χ0n) is 8.37. The molecule has 0 bridgehead atoms. The van der Waals surface area contributed by atoms with Crippen molar-refractivity contribution in [3.05, 3.63) is 29.3 Å². The third kappa shape index (κ3) is 1.21. The summed E-state index contributed by atoms with van der Waals surface area (Å²) in [6.07, 6.45) is 0. The van der Waals surface area contributed by atoms with Gasteiger partial charge in [-0.15, -0.1) is 0 Å². The van der Waals surface area contributed by atoms with E-state index in [0.29, 0.717) is 5.92 Å². The van der Waals surface area contributed by atoms with E-state index in [1.807, 2.05) is 18.2 Å². The Labute approximate surface area is 83.3 Å². The maximum Gasteiger partial charge on any atom is 0.245 e. The van der Waals surface area contributed by atoms with Crippen molar-refractivity contribution in [2.75, 3.05) is 5.32 Å². The molecule has 74 valence electrons. The molecule has 0 fully saturated rings. The van der Waals surface area contributed by atoms with Crippen LogP contribution in [0.4, 0.5) is 5.69 Å². The van der Waals surface area contributed by atoms with Crippen LogP contribution in [0.5, 0.6) is 0 Å². The van der Waals surface area contributed by atoms with Crippen molar-refractivity contribution in [1.29, 1.82) is 0 Å². The topological polar surface area (TPSA) is 55.1 Å². The van der Waals surface area contributed by atoms with Crippen LogP contribution in [0.25, 0.3) is 0 Å². The van der Waals surface area contributed by atoms with Crippen LogP contribution in [-0.4, -0.2) is 5.91 Å². The first kappa shape index (κ1) is 9.21. The van der Waals surface area contributed by atoms with E-state index in [1.165, 1.54) is 0 Å². The summed E-state index contributed by atoms with van der Waals surface area (Å²) in [7, 11) is 0. The quantitative estimate of drug-likeness (QED) is 0.709. The van der Waals surface area contributed by atoms with Gasteiger partial charge in [0.15, 0.2) is 0 Å². The van der Waals surface area contributed by atoms with Crippen LogP contribution >= 0.6 is 0 Å². The van der Waals surface area contributed by atoms with Gasteiger partial charge in [0.05, 0.1) is 0 Å². The summed E-state index contributed by atoms with van der Waals surface area (Å²) in [5.74, 6) is 0.295. The largest absolute Gasteiger partial charge is 0.324 e. The van der Waals surface area contributed by atoms with Gasteiger partial charge in [-0.05, 0) is 11.5 Å². The number of amides is 1. The monoisotopic (exact) mass is 190 g/mol. The minimum atomic E-state index is -0.497. The number of benzene rings is 1. The second-order valence-corrected chi connectivity index (χ2v) is 3.93. The number of nitrogens with one attached hydrogen (secondary N) is 1. The van der Waals surface area contributed by atoms with Crippen molar-refractivity contribution >= 4 is 11.6 Å². The number of hydrogen-bond donors (Lipinski definition) is 2. The van der Waals surface area contributed by atoms with Crippen molar-refractivity contribution in [2.24, 2.45) is 5.73 Å². The van der Waals surface area contributed by atoms with Crippen molar-refractivity contribution in [1.82, 2.24) is 0 Å². The Kier molecular flexibility index (Phi) is 2.04. The highest BCUT2D eigenvalue weighted by molar-refractivity contribution is 6.03. The molecular weight excluding hydrogens is 176 g/mol. The van der Waals surface area contributed by atoms with E-state index in [0.717, 1.165) is 16.8 Å². The van der Waals surface area contributed by atoms with Crippen LogP contribution in [0.3, 0.4) is 0 Å². The fourth-order valence-corrected chi connectivity index (χ4v) is 1.82. The highest BCUT2D eigenvalue weighted by Crippen LogP contribution is 2.35. The molecule has 1 amide bonds. The van der Waals surface area contributed by atoms with Gasteiger partial charge >= 0.3 is 0 Å². The van der Waals surface area contributed by atoms with Crippen LogP contribution in [-0.2, 0) is 4.79 Å². The van der Waals surface area contributed by atoms with Gasteiger partial charge < -0.3 is 11.1 Å². The van der Waals surface area contributed by atoms with Crippen LogP contribution in [0.15, 0.2) is 18.2 Å². The second-order valence-electron chi connectivity index (χ2n) is 3.93. The summed E-state index contributed by atoms with van der Waals surface area (Å²) in [5, 5.41) is 2.83. The molecule has 1 atom stereocenters. The zero-order valence-corrected chi connectivity index (χ0v) is 8.37. The van der Waals surface area contributed by atoms with Crippen molar-refractivity contribution in [2.45, 2.75) is 25.8 Å². The molecule has 0 aliphatic carbocycles. The number of rotatable bonds is 1. The zero-order chi connectivity index (χ0) is 10.3. The van der Waals surface area contributed by atoms with Crippen LogP contribution in [0.1, 0.15) is 36.9 Å². The van der Waals surface area contributed by atoms with Gasteiger partial charge in [-0.25, -0.2) is 0 Å². The normalized spacial score (nSPS) is 19.7. The van der Waals surface area contributed by atoms with E-state index in [1.54, 1.807) is 0 Å². The Morgan fingerprint density at radius 2 is 2.14 bits per heavy atom. The molecule has 1 aromatic carbocycles. The lowest BCUT2D eigenvalue weighted by Crippen LogP contribution is -2.19. The molecule has 0 saturated carbocycles. The van der Waals surface area contributed by atoms with E-state index in [4.69, 9.17) is 5.73 Å². The van der Waals surface area contributed by atoms with Gasteiger partial charge in [-0.1, -0.05) is 32.0 Å². The standard InChI is InChI=1S/C11H14N2O/c1-6(2)7-4-3-5-8-9(12)11(14)13-10(7)8/h3-6,9H,12H2,1-2H3,(H,13,14). The summed E-state index contributed by atoms with van der Waals surface area (Å²) in [6, 6.07) is 5.39. The molecule has 3 N–H and O–H groups in total. The molecule has 1 heterocycles. The molecule has 14 heavy (non-hydrogen) atoms. The molecule has 3 nitrogen and oxygen atoms in total. The van der Waals surface area contributed by atoms with Crippen molar-refractivity contribution < 1.29 is 4.79 Å². The van der Waals surface area contributed by atoms with E-state index in [-0.39, 0.29) is 5.91 Å². The second kappa shape index (κ2) is 3.10. The minimum Gasteiger partial charge on any atom is -0.324 e. The first-order valence-electron chi connectivity index (χ1n) is 4.80. The number of carbonyl (C=O) groups excluding carboxylic acids is 1. The van der Waals surface area contributed by atoms with Crippen LogP contribution in [0, 0.1) is 0 Å². The van der Waals surface area contributed by atoms with Crippen LogP contribution in [0.2, 0.25) is 0 Å². The molecule has 0 radical (unpaired) electrons. The number of para-hydroxylation sites is 1. The molecule has 0 saturated heterocycles. The molecule has 1 aromatic rings. The van der Waals surface area contributed by atoms with E-state index < -0.39 is 6.04 Å². The first-order chi connectivity index (χ1) is 6.61. The van der Waals surface area contributed by atoms with Gasteiger partial charge in [-0.2, -0.15) is 0 Å². The summed E-state index contributed by atoms with van der Waals surface area (Å²) < 4.78 is 0. The molecular formula is C11H14N2O. The Balaban J connectivity index is 2.55. The number of nitrogens with two attached hydrogens (primary N) is 1. The maximum absolute atomic E-state index is 11.4. The highest BCUT2D eigenvalue weighted by Gasteiger charge is 2.29. The predicted octanol–water partition coefficient (Wildman–Crippen LogP) is 1.76. The molecule has 0 aromatic heterocycles. The Morgan fingerprint density at radius 3 is 2.79 bits per heavy atom. The highest BCUT2D eigenvalue weighted by atomic mass is 16.2. The molecule has 1 aliphatic heterocycles. The molecule has 3 heteroatoms. The van der Waals surface area contributed by atoms with Crippen molar-refractivity contribution in [3.8, 4) is 0 Å². The Morgan fingerprint density at radius 1 is 1.43 bits per heavy atom. The SMILES string of the molecule is CC(C)c1cccc2c1NC(=O)C2N. The van der Waals surface area contributed by atoms with Gasteiger partial charge in [0.2, 0.25) is 5.91 Å². The van der Waals surface area contributed by atoms with Gasteiger partial charge in [0.1, 0.15) is 6.04 Å². The minimum absolute atomic E-state index is 0.104. The average molecular weight is 190 g/mol. The van der Waals surface area contributed by atoms with Gasteiger partial charge in [0, 0.05) is 11.3 Å². The Hall–Kier alpha value is -1.35. The Bertz CT molecular complexity index is 385. The smallest absolute Gasteiger partial charge is 0.245 e. The number of carbonyl (C=O) groups is 1. The fraction of sp³-hybridized carbons (Fsp3) is 0.364. The van der Waals surface area contributed by atoms with E-state index in [9.17, 15) is 4.79 Å². The predicted molar refractivity (Wildman–Crippen MR) is 56.1 cm³/mol. The summed E-state index contributed by atoms with van der Waals surface area (Å²) in [6.45, 7) is 4.21. The number of hydrogen-bond acceptors (Lipinski definition) is 2. The first-order valence-corrected chi connectivity index (χ1v) is 4.80. The maximum atomic E-state index is 11.4. The lowest BCUT2D eigenvalue weighted by atomic mass is 9.97. The molecule has 1 aliphatic rings. The van der Waals surface area contributed by atoms with E-state index in [2.05, 4.69) is 19.2 Å². The summed E-state index contributed by atoms with van der Waals surface area (Å²) in [4.78, 5) is 11.4. The number of anilines is 1. The molecule has 1 unspecified atom stereocenters. The van der Waals surface area contributed by atoms with Crippen LogP contribution < -0.4 is 11.1 Å². The summed E-state index contributed by atoms with van der Waals surface area (Å²) >= 11 is 0. The third-order valence-corrected chi connectivity index (χ3v) is 2.62.